The van der Waals surface area contributed by atoms with Gasteiger partial charge in [0.2, 0.25) is 11.8 Å². The Labute approximate surface area is 158 Å². The molecule has 1 aromatic carbocycles. The van der Waals surface area contributed by atoms with Gasteiger partial charge in [0.25, 0.3) is 0 Å². The molecule has 25 heavy (non-hydrogen) atoms. The Hall–Kier alpha value is -1.14. The van der Waals surface area contributed by atoms with Crippen LogP contribution in [0.5, 0.6) is 0 Å². The second-order valence-electron chi connectivity index (χ2n) is 6.35. The van der Waals surface area contributed by atoms with Gasteiger partial charge >= 0.3 is 0 Å². The van der Waals surface area contributed by atoms with Gasteiger partial charge in [-0.3, -0.25) is 9.59 Å². The molecule has 2 N–H and O–H groups in total. The van der Waals surface area contributed by atoms with Crippen LogP contribution in [0.4, 0.5) is 5.69 Å². The van der Waals surface area contributed by atoms with Gasteiger partial charge in [-0.25, -0.2) is 0 Å². The van der Waals surface area contributed by atoms with Crippen LogP contribution in [0.15, 0.2) is 24.3 Å². The van der Waals surface area contributed by atoms with E-state index < -0.39 is 0 Å². The molecule has 0 saturated carbocycles. The molecule has 138 valence electrons. The van der Waals surface area contributed by atoms with Crippen LogP contribution in [-0.4, -0.2) is 22.8 Å². The van der Waals surface area contributed by atoms with E-state index in [1.807, 2.05) is 52.8 Å². The Bertz CT molecular complexity index is 543. The lowest BCUT2D eigenvalue weighted by atomic mass is 10.1. The van der Waals surface area contributed by atoms with E-state index in [0.29, 0.717) is 19.4 Å². The van der Waals surface area contributed by atoms with E-state index in [1.165, 1.54) is 18.6 Å². The molecule has 1 aliphatic heterocycles. The second-order valence-corrected chi connectivity index (χ2v) is 9.13. The van der Waals surface area contributed by atoms with Crippen molar-refractivity contribution in [3.05, 3.63) is 29.8 Å². The molecule has 1 atom stereocenters. The fourth-order valence-electron chi connectivity index (χ4n) is 2.67. The minimum atomic E-state index is 0.0400. The highest BCUT2D eigenvalue weighted by atomic mass is 33.1. The number of carbonyl (C=O) groups excluding carboxylic acids is 2. The third kappa shape index (κ3) is 8.19. The average molecular weight is 381 g/mol. The number of nitrogens with one attached hydrogen (secondary N) is 2. The Kier molecular flexibility index (Phi) is 9.26. The lowest BCUT2D eigenvalue weighted by Gasteiger charge is -2.09. The van der Waals surface area contributed by atoms with Gasteiger partial charge in [-0.05, 0) is 43.4 Å². The first-order valence-corrected chi connectivity index (χ1v) is 11.5. The summed E-state index contributed by atoms with van der Waals surface area (Å²) in [7, 11) is 3.98. The molecule has 0 aliphatic carbocycles. The summed E-state index contributed by atoms with van der Waals surface area (Å²) in [5.41, 5.74) is 1.85. The Morgan fingerprint density at radius 2 is 1.92 bits per heavy atom. The van der Waals surface area contributed by atoms with Crippen molar-refractivity contribution < 1.29 is 9.59 Å². The van der Waals surface area contributed by atoms with Crippen molar-refractivity contribution in [2.75, 3.05) is 11.1 Å². The smallest absolute Gasteiger partial charge is 0.224 e. The highest BCUT2D eigenvalue weighted by Gasteiger charge is 2.15. The van der Waals surface area contributed by atoms with Crippen molar-refractivity contribution in [1.29, 1.82) is 0 Å². The first-order valence-electron chi connectivity index (χ1n) is 9.11. The van der Waals surface area contributed by atoms with Gasteiger partial charge in [0.1, 0.15) is 0 Å². The van der Waals surface area contributed by atoms with Crippen LogP contribution in [-0.2, 0) is 16.1 Å². The van der Waals surface area contributed by atoms with Gasteiger partial charge in [-0.2, -0.15) is 0 Å². The quantitative estimate of drug-likeness (QED) is 0.454. The molecule has 1 saturated heterocycles. The van der Waals surface area contributed by atoms with Crippen molar-refractivity contribution in [3.63, 3.8) is 0 Å². The van der Waals surface area contributed by atoms with Crippen molar-refractivity contribution in [3.8, 4) is 0 Å². The average Bonchev–Trinajstić information content (AvgIpc) is 3.12. The topological polar surface area (TPSA) is 58.2 Å². The zero-order valence-corrected chi connectivity index (χ0v) is 16.5. The molecule has 1 aromatic rings. The van der Waals surface area contributed by atoms with Gasteiger partial charge in [0.05, 0.1) is 0 Å². The van der Waals surface area contributed by atoms with Crippen molar-refractivity contribution in [1.82, 2.24) is 5.32 Å². The Morgan fingerprint density at radius 3 is 2.60 bits per heavy atom. The van der Waals surface area contributed by atoms with Gasteiger partial charge in [-0.15, -0.1) is 0 Å². The number of carbonyl (C=O) groups is 2. The summed E-state index contributed by atoms with van der Waals surface area (Å²) >= 11 is 0. The summed E-state index contributed by atoms with van der Waals surface area (Å²) in [6, 6.07) is 7.65. The van der Waals surface area contributed by atoms with E-state index in [1.54, 1.807) is 0 Å². The van der Waals surface area contributed by atoms with E-state index in [4.69, 9.17) is 0 Å². The third-order valence-electron chi connectivity index (χ3n) is 4.11. The van der Waals surface area contributed by atoms with Crippen LogP contribution in [0.25, 0.3) is 0 Å². The molecule has 1 heterocycles. The largest absolute Gasteiger partial charge is 0.352 e. The van der Waals surface area contributed by atoms with Crippen molar-refractivity contribution in [2.24, 2.45) is 0 Å². The first-order chi connectivity index (χ1) is 12.2. The summed E-state index contributed by atoms with van der Waals surface area (Å²) in [4.78, 5) is 23.5. The second kappa shape index (κ2) is 11.5. The van der Waals surface area contributed by atoms with Gasteiger partial charge in [0.15, 0.2) is 0 Å². The maximum absolute atomic E-state index is 11.9. The van der Waals surface area contributed by atoms with Crippen molar-refractivity contribution >= 4 is 39.1 Å². The molecule has 2 rings (SSSR count). The fraction of sp³-hybridized carbons (Fsp3) is 0.579. The molecular formula is C19H28N2O2S2. The molecule has 1 aliphatic rings. The van der Waals surface area contributed by atoms with E-state index in [-0.39, 0.29) is 11.8 Å². The van der Waals surface area contributed by atoms with Gasteiger partial charge in [-0.1, -0.05) is 47.1 Å². The molecule has 0 bridgehead atoms. The molecular weight excluding hydrogens is 352 g/mol. The summed E-state index contributed by atoms with van der Waals surface area (Å²) in [5, 5.41) is 6.63. The highest BCUT2D eigenvalue weighted by Crippen LogP contribution is 2.39. The Morgan fingerprint density at radius 1 is 1.12 bits per heavy atom. The highest BCUT2D eigenvalue weighted by molar-refractivity contribution is 8.77. The summed E-state index contributed by atoms with van der Waals surface area (Å²) in [6.45, 7) is 2.52. The number of hydrogen-bond acceptors (Lipinski definition) is 4. The van der Waals surface area contributed by atoms with E-state index in [2.05, 4.69) is 10.6 Å². The molecule has 0 spiro atoms. The number of anilines is 1. The predicted molar refractivity (Wildman–Crippen MR) is 109 cm³/mol. The molecule has 0 radical (unpaired) electrons. The lowest BCUT2D eigenvalue weighted by Crippen LogP contribution is -2.22. The van der Waals surface area contributed by atoms with Crippen LogP contribution in [0.3, 0.4) is 0 Å². The number of amides is 2. The van der Waals surface area contributed by atoms with Crippen LogP contribution >= 0.6 is 21.6 Å². The van der Waals surface area contributed by atoms with Gasteiger partial charge in [0, 0.05) is 36.1 Å². The molecule has 1 unspecified atom stereocenters. The summed E-state index contributed by atoms with van der Waals surface area (Å²) < 4.78 is 0. The van der Waals surface area contributed by atoms with Crippen molar-refractivity contribution in [2.45, 2.75) is 63.7 Å². The van der Waals surface area contributed by atoms with Crippen LogP contribution in [0.2, 0.25) is 0 Å². The first kappa shape index (κ1) is 20.2. The van der Waals surface area contributed by atoms with Gasteiger partial charge < -0.3 is 10.6 Å². The summed E-state index contributed by atoms with van der Waals surface area (Å²) in [5.74, 6) is 1.43. The normalized spacial score (nSPS) is 16.6. The fourth-order valence-corrected chi connectivity index (χ4v) is 5.70. The predicted octanol–water partition coefficient (Wildman–Crippen LogP) is 4.76. The van der Waals surface area contributed by atoms with E-state index in [9.17, 15) is 9.59 Å². The number of hydrogen-bond donors (Lipinski definition) is 2. The minimum Gasteiger partial charge on any atom is -0.352 e. The molecule has 1 fully saturated rings. The standard InChI is InChI=1S/C19H28N2O2S2/c1-2-5-19(23)21-16-10-8-15(9-11-16)14-20-18(22)7-4-3-6-17-12-13-24-25-17/h8-11,17H,2-7,12-14H2,1H3,(H,20,22)(H,21,23). The zero-order valence-electron chi connectivity index (χ0n) is 14.9. The SMILES string of the molecule is CCCC(=O)Nc1ccc(CNC(=O)CCCCC2CCSS2)cc1. The summed E-state index contributed by atoms with van der Waals surface area (Å²) in [6.07, 6.45) is 6.64. The maximum Gasteiger partial charge on any atom is 0.224 e. The molecule has 4 nitrogen and oxygen atoms in total. The number of rotatable bonds is 10. The molecule has 2 amide bonds. The van der Waals surface area contributed by atoms with Crippen LogP contribution < -0.4 is 10.6 Å². The molecule has 0 aromatic heterocycles. The minimum absolute atomic E-state index is 0.0400. The monoisotopic (exact) mass is 380 g/mol. The van der Waals surface area contributed by atoms with Crippen LogP contribution in [0.1, 0.15) is 57.4 Å². The number of benzene rings is 1. The maximum atomic E-state index is 11.9. The third-order valence-corrected chi connectivity index (χ3v) is 7.12. The zero-order chi connectivity index (χ0) is 17.9. The Balaban J connectivity index is 1.59. The lowest BCUT2D eigenvalue weighted by molar-refractivity contribution is -0.121. The van der Waals surface area contributed by atoms with E-state index >= 15 is 0 Å². The van der Waals surface area contributed by atoms with Crippen LogP contribution in [0, 0.1) is 0 Å². The number of unbranched alkanes of at least 4 members (excludes halogenated alkanes) is 1. The molecule has 6 heteroatoms. The van der Waals surface area contributed by atoms with E-state index in [0.717, 1.165) is 35.8 Å².